The first kappa shape index (κ1) is 23.9. The van der Waals surface area contributed by atoms with E-state index in [2.05, 4.69) is 40.7 Å². The summed E-state index contributed by atoms with van der Waals surface area (Å²) in [5.74, 6) is 0.708. The molecule has 0 aliphatic carbocycles. The SMILES string of the molecule is CCNC(=NCc1cccc(C)c1)NCc1ccc(S(=O)(=O)N(C)C)s1.I. The van der Waals surface area contributed by atoms with Crippen molar-refractivity contribution < 1.29 is 8.42 Å². The summed E-state index contributed by atoms with van der Waals surface area (Å²) in [4.78, 5) is 5.53. The van der Waals surface area contributed by atoms with Gasteiger partial charge in [-0.2, -0.15) is 0 Å². The van der Waals surface area contributed by atoms with Crippen LogP contribution in [0.25, 0.3) is 0 Å². The quantitative estimate of drug-likeness (QED) is 0.333. The Balaban J connectivity index is 0.00000364. The Labute approximate surface area is 183 Å². The molecule has 9 heteroatoms. The molecule has 0 spiro atoms. The fourth-order valence-electron chi connectivity index (χ4n) is 2.27. The van der Waals surface area contributed by atoms with Gasteiger partial charge in [0.15, 0.2) is 5.96 Å². The molecule has 0 saturated carbocycles. The fraction of sp³-hybridized carbons (Fsp3) is 0.389. The summed E-state index contributed by atoms with van der Waals surface area (Å²) in [5, 5.41) is 6.47. The number of aliphatic imine (C=N–C) groups is 1. The number of sulfonamides is 1. The lowest BCUT2D eigenvalue weighted by Crippen LogP contribution is -2.36. The molecule has 1 aromatic heterocycles. The molecular formula is C18H27IN4O2S2. The highest BCUT2D eigenvalue weighted by molar-refractivity contribution is 14.0. The Morgan fingerprint density at radius 1 is 1.19 bits per heavy atom. The first-order chi connectivity index (χ1) is 12.3. The molecule has 27 heavy (non-hydrogen) atoms. The van der Waals surface area contributed by atoms with Crippen LogP contribution in [0.4, 0.5) is 0 Å². The van der Waals surface area contributed by atoms with Gasteiger partial charge < -0.3 is 10.6 Å². The molecule has 0 aliphatic rings. The molecule has 0 fully saturated rings. The molecule has 0 bridgehead atoms. The van der Waals surface area contributed by atoms with E-state index >= 15 is 0 Å². The third-order valence-corrected chi connectivity index (χ3v) is 7.02. The van der Waals surface area contributed by atoms with Gasteiger partial charge >= 0.3 is 0 Å². The van der Waals surface area contributed by atoms with E-state index in [1.807, 2.05) is 19.1 Å². The van der Waals surface area contributed by atoms with Gasteiger partial charge in [0.1, 0.15) is 4.21 Å². The van der Waals surface area contributed by atoms with Crippen molar-refractivity contribution in [3.63, 3.8) is 0 Å². The van der Waals surface area contributed by atoms with Crippen LogP contribution in [0.1, 0.15) is 22.9 Å². The van der Waals surface area contributed by atoms with Gasteiger partial charge in [0.2, 0.25) is 0 Å². The summed E-state index contributed by atoms with van der Waals surface area (Å²) in [6.07, 6.45) is 0. The van der Waals surface area contributed by atoms with Crippen molar-refractivity contribution >= 4 is 51.3 Å². The number of nitrogens with one attached hydrogen (secondary N) is 2. The van der Waals surface area contributed by atoms with E-state index in [9.17, 15) is 8.42 Å². The number of benzene rings is 1. The molecule has 2 aromatic rings. The van der Waals surface area contributed by atoms with Crippen LogP contribution < -0.4 is 10.6 Å². The minimum atomic E-state index is -3.38. The minimum Gasteiger partial charge on any atom is -0.357 e. The molecule has 150 valence electrons. The van der Waals surface area contributed by atoms with Crippen molar-refractivity contribution in [2.45, 2.75) is 31.1 Å². The third-order valence-electron chi connectivity index (χ3n) is 3.65. The van der Waals surface area contributed by atoms with Crippen LogP contribution in [0, 0.1) is 6.92 Å². The average molecular weight is 522 g/mol. The highest BCUT2D eigenvalue weighted by Crippen LogP contribution is 2.23. The largest absolute Gasteiger partial charge is 0.357 e. The van der Waals surface area contributed by atoms with Gasteiger partial charge in [0, 0.05) is 25.5 Å². The molecule has 0 atom stereocenters. The highest BCUT2D eigenvalue weighted by atomic mass is 127. The first-order valence-corrected chi connectivity index (χ1v) is 10.7. The third kappa shape index (κ3) is 7.05. The molecule has 6 nitrogen and oxygen atoms in total. The van der Waals surface area contributed by atoms with Crippen LogP contribution in [0.15, 0.2) is 45.6 Å². The molecule has 2 N–H and O–H groups in total. The molecule has 0 amide bonds. The Morgan fingerprint density at radius 3 is 2.56 bits per heavy atom. The Bertz CT molecular complexity index is 864. The fourth-order valence-corrected chi connectivity index (χ4v) is 4.73. The van der Waals surface area contributed by atoms with Gasteiger partial charge in [-0.15, -0.1) is 35.3 Å². The summed E-state index contributed by atoms with van der Waals surface area (Å²) < 4.78 is 25.9. The monoisotopic (exact) mass is 522 g/mol. The van der Waals surface area contributed by atoms with Crippen LogP contribution in [0.5, 0.6) is 0 Å². The van der Waals surface area contributed by atoms with Crippen molar-refractivity contribution in [1.29, 1.82) is 0 Å². The van der Waals surface area contributed by atoms with Gasteiger partial charge in [-0.3, -0.25) is 0 Å². The van der Waals surface area contributed by atoms with Gasteiger partial charge in [-0.25, -0.2) is 17.7 Å². The number of rotatable bonds is 7. The number of halogens is 1. The molecule has 0 saturated heterocycles. The molecule has 1 aromatic carbocycles. The highest BCUT2D eigenvalue weighted by Gasteiger charge is 2.19. The van der Waals surface area contributed by atoms with Crippen LogP contribution >= 0.6 is 35.3 Å². The lowest BCUT2D eigenvalue weighted by molar-refractivity contribution is 0.523. The number of nitrogens with zero attached hydrogens (tertiary/aromatic N) is 2. The van der Waals surface area contributed by atoms with E-state index in [0.717, 1.165) is 17.0 Å². The minimum absolute atomic E-state index is 0. The van der Waals surface area contributed by atoms with Gasteiger partial charge in [0.25, 0.3) is 10.0 Å². The van der Waals surface area contributed by atoms with Gasteiger partial charge in [-0.05, 0) is 31.5 Å². The zero-order valence-corrected chi connectivity index (χ0v) is 20.0. The number of guanidine groups is 1. The number of aryl methyl sites for hydroxylation is 1. The molecule has 0 radical (unpaired) electrons. The first-order valence-electron chi connectivity index (χ1n) is 8.42. The number of thiophene rings is 1. The predicted molar refractivity (Wildman–Crippen MR) is 123 cm³/mol. The van der Waals surface area contributed by atoms with E-state index in [1.165, 1.54) is 35.3 Å². The van der Waals surface area contributed by atoms with Crippen LogP contribution in [0.2, 0.25) is 0 Å². The zero-order valence-electron chi connectivity index (χ0n) is 16.0. The maximum absolute atomic E-state index is 12.2. The number of hydrogen-bond acceptors (Lipinski definition) is 4. The van der Waals surface area contributed by atoms with E-state index in [0.29, 0.717) is 23.3 Å². The smallest absolute Gasteiger partial charge is 0.252 e. The molecule has 0 aliphatic heterocycles. The van der Waals surface area contributed by atoms with E-state index in [4.69, 9.17) is 0 Å². The zero-order chi connectivity index (χ0) is 19.2. The second kappa shape index (κ2) is 11.0. The lowest BCUT2D eigenvalue weighted by Gasteiger charge is -2.11. The average Bonchev–Trinajstić information content (AvgIpc) is 3.07. The maximum atomic E-state index is 12.2. The lowest BCUT2D eigenvalue weighted by atomic mass is 10.1. The van der Waals surface area contributed by atoms with Gasteiger partial charge in [0.05, 0.1) is 13.1 Å². The Hall–Kier alpha value is -1.17. The second-order valence-corrected chi connectivity index (χ2v) is 9.59. The van der Waals surface area contributed by atoms with Crippen molar-refractivity contribution in [3.8, 4) is 0 Å². The summed E-state index contributed by atoms with van der Waals surface area (Å²) >= 11 is 1.27. The maximum Gasteiger partial charge on any atom is 0.252 e. The molecule has 2 rings (SSSR count). The predicted octanol–water partition coefficient (Wildman–Crippen LogP) is 3.18. The van der Waals surface area contributed by atoms with E-state index in [1.54, 1.807) is 6.07 Å². The van der Waals surface area contributed by atoms with Crippen LogP contribution in [-0.2, 0) is 23.1 Å². The van der Waals surface area contributed by atoms with Crippen molar-refractivity contribution in [3.05, 3.63) is 52.4 Å². The molecule has 0 unspecified atom stereocenters. The normalized spacial score (nSPS) is 12.0. The van der Waals surface area contributed by atoms with Crippen LogP contribution in [-0.4, -0.2) is 39.3 Å². The van der Waals surface area contributed by atoms with Gasteiger partial charge in [-0.1, -0.05) is 29.8 Å². The summed E-state index contributed by atoms with van der Waals surface area (Å²) in [6, 6.07) is 11.7. The summed E-state index contributed by atoms with van der Waals surface area (Å²) in [5.41, 5.74) is 2.36. The van der Waals surface area contributed by atoms with Crippen LogP contribution in [0.3, 0.4) is 0 Å². The Kier molecular flexibility index (Phi) is 9.71. The van der Waals surface area contributed by atoms with Crippen molar-refractivity contribution in [2.24, 2.45) is 4.99 Å². The standard InChI is InChI=1S/C18H26N4O2S2.HI/c1-5-19-18(20-12-15-8-6-7-14(2)11-15)21-13-16-9-10-17(25-16)26(23,24)22(3)4;/h6-11H,5,12-13H2,1-4H3,(H2,19,20,21);1H. The molecular weight excluding hydrogens is 495 g/mol. The van der Waals surface area contributed by atoms with Crippen molar-refractivity contribution in [2.75, 3.05) is 20.6 Å². The van der Waals surface area contributed by atoms with Crippen molar-refractivity contribution in [1.82, 2.24) is 14.9 Å². The van der Waals surface area contributed by atoms with E-state index < -0.39 is 10.0 Å². The summed E-state index contributed by atoms with van der Waals surface area (Å²) in [6.45, 7) is 5.93. The number of hydrogen-bond donors (Lipinski definition) is 2. The topological polar surface area (TPSA) is 73.8 Å². The second-order valence-electron chi connectivity index (χ2n) is 6.05. The molecule has 1 heterocycles. The van der Waals surface area contributed by atoms with E-state index in [-0.39, 0.29) is 24.0 Å². The Morgan fingerprint density at radius 2 is 1.93 bits per heavy atom. The summed E-state index contributed by atoms with van der Waals surface area (Å²) in [7, 11) is -0.305.